The van der Waals surface area contributed by atoms with Crippen LogP contribution in [0.2, 0.25) is 0 Å². The SMILES string of the molecule is COc1ccccc1CC(=O)NCCN1CC[C@H](c2ccccc2C)C1. The molecule has 138 valence electrons. The number of carbonyl (C=O) groups is 1. The van der Waals surface area contributed by atoms with Gasteiger partial charge in [-0.1, -0.05) is 42.5 Å². The summed E-state index contributed by atoms with van der Waals surface area (Å²) in [6.45, 7) is 5.96. The van der Waals surface area contributed by atoms with Crippen LogP contribution in [0.25, 0.3) is 0 Å². The predicted molar refractivity (Wildman–Crippen MR) is 105 cm³/mol. The molecule has 1 aliphatic heterocycles. The van der Waals surface area contributed by atoms with E-state index >= 15 is 0 Å². The van der Waals surface area contributed by atoms with Crippen molar-refractivity contribution in [3.8, 4) is 5.75 Å². The normalized spacial score (nSPS) is 17.2. The summed E-state index contributed by atoms with van der Waals surface area (Å²) in [6, 6.07) is 16.3. The van der Waals surface area contributed by atoms with Crippen LogP contribution in [-0.4, -0.2) is 44.1 Å². The highest BCUT2D eigenvalue weighted by Gasteiger charge is 2.24. The van der Waals surface area contributed by atoms with E-state index in [0.29, 0.717) is 18.9 Å². The Labute approximate surface area is 156 Å². The van der Waals surface area contributed by atoms with Crippen molar-refractivity contribution in [3.05, 3.63) is 65.2 Å². The third-order valence-electron chi connectivity index (χ3n) is 5.19. The number of benzene rings is 2. The van der Waals surface area contributed by atoms with Crippen molar-refractivity contribution >= 4 is 5.91 Å². The highest BCUT2D eigenvalue weighted by molar-refractivity contribution is 5.79. The Kier molecular flexibility index (Phi) is 6.29. The fraction of sp³-hybridized carbons (Fsp3) is 0.409. The zero-order valence-electron chi connectivity index (χ0n) is 15.7. The minimum absolute atomic E-state index is 0.0455. The third kappa shape index (κ3) is 4.64. The molecule has 1 aliphatic rings. The fourth-order valence-electron chi connectivity index (χ4n) is 3.77. The summed E-state index contributed by atoms with van der Waals surface area (Å²) in [5.74, 6) is 1.42. The molecule has 0 aliphatic carbocycles. The van der Waals surface area contributed by atoms with Crippen molar-refractivity contribution in [2.75, 3.05) is 33.3 Å². The van der Waals surface area contributed by atoms with Gasteiger partial charge in [-0.05, 0) is 43.0 Å². The maximum atomic E-state index is 12.2. The quantitative estimate of drug-likeness (QED) is 0.832. The standard InChI is InChI=1S/C22H28N2O2/c1-17-7-3-5-9-20(17)19-11-13-24(16-19)14-12-23-22(25)15-18-8-4-6-10-21(18)26-2/h3-10,19H,11-16H2,1-2H3,(H,23,25)/t19-/m0/s1. The Morgan fingerprint density at radius 2 is 1.96 bits per heavy atom. The average molecular weight is 352 g/mol. The number of amides is 1. The largest absolute Gasteiger partial charge is 0.496 e. The molecule has 1 fully saturated rings. The Morgan fingerprint density at radius 1 is 1.19 bits per heavy atom. The lowest BCUT2D eigenvalue weighted by molar-refractivity contribution is -0.120. The zero-order valence-corrected chi connectivity index (χ0v) is 15.7. The van der Waals surface area contributed by atoms with E-state index < -0.39 is 0 Å². The molecule has 1 saturated heterocycles. The minimum Gasteiger partial charge on any atom is -0.496 e. The van der Waals surface area contributed by atoms with Gasteiger partial charge in [-0.25, -0.2) is 0 Å². The summed E-state index contributed by atoms with van der Waals surface area (Å²) in [6.07, 6.45) is 1.55. The number of ether oxygens (including phenoxy) is 1. The second-order valence-electron chi connectivity index (χ2n) is 6.98. The van der Waals surface area contributed by atoms with E-state index in [-0.39, 0.29) is 5.91 Å². The maximum Gasteiger partial charge on any atom is 0.224 e. The van der Waals surface area contributed by atoms with Crippen LogP contribution in [0.3, 0.4) is 0 Å². The molecule has 0 radical (unpaired) electrons. The summed E-state index contributed by atoms with van der Waals surface area (Å²) < 4.78 is 5.31. The van der Waals surface area contributed by atoms with Gasteiger partial charge in [0.15, 0.2) is 0 Å². The second kappa shape index (κ2) is 8.86. The summed E-state index contributed by atoms with van der Waals surface area (Å²) >= 11 is 0. The lowest BCUT2D eigenvalue weighted by Crippen LogP contribution is -2.34. The average Bonchev–Trinajstić information content (AvgIpc) is 3.11. The number of aryl methyl sites for hydroxylation is 1. The molecular weight excluding hydrogens is 324 g/mol. The highest BCUT2D eigenvalue weighted by Crippen LogP contribution is 2.28. The van der Waals surface area contributed by atoms with Gasteiger partial charge >= 0.3 is 0 Å². The van der Waals surface area contributed by atoms with E-state index in [1.54, 1.807) is 7.11 Å². The van der Waals surface area contributed by atoms with Gasteiger partial charge in [0, 0.05) is 25.2 Å². The Balaban J connectivity index is 1.43. The molecule has 0 saturated carbocycles. The first-order valence-corrected chi connectivity index (χ1v) is 9.34. The number of para-hydroxylation sites is 1. The van der Waals surface area contributed by atoms with Crippen LogP contribution < -0.4 is 10.1 Å². The summed E-state index contributed by atoms with van der Waals surface area (Å²) in [7, 11) is 1.63. The van der Waals surface area contributed by atoms with Crippen molar-refractivity contribution in [2.24, 2.45) is 0 Å². The molecule has 0 unspecified atom stereocenters. The van der Waals surface area contributed by atoms with E-state index in [1.807, 2.05) is 24.3 Å². The lowest BCUT2D eigenvalue weighted by Gasteiger charge is -2.17. The van der Waals surface area contributed by atoms with Crippen LogP contribution in [0.4, 0.5) is 0 Å². The number of hydrogen-bond donors (Lipinski definition) is 1. The minimum atomic E-state index is 0.0455. The molecule has 3 rings (SSSR count). The van der Waals surface area contributed by atoms with Crippen LogP contribution in [0.15, 0.2) is 48.5 Å². The van der Waals surface area contributed by atoms with Crippen LogP contribution in [0, 0.1) is 6.92 Å². The fourth-order valence-corrected chi connectivity index (χ4v) is 3.77. The van der Waals surface area contributed by atoms with Gasteiger partial charge in [-0.2, -0.15) is 0 Å². The van der Waals surface area contributed by atoms with Crippen molar-refractivity contribution in [1.29, 1.82) is 0 Å². The smallest absolute Gasteiger partial charge is 0.224 e. The van der Waals surface area contributed by atoms with Gasteiger partial charge in [0.2, 0.25) is 5.91 Å². The monoisotopic (exact) mass is 352 g/mol. The predicted octanol–water partition coefficient (Wildman–Crippen LogP) is 3.15. The molecule has 0 aromatic heterocycles. The first-order chi connectivity index (χ1) is 12.7. The van der Waals surface area contributed by atoms with E-state index in [9.17, 15) is 4.79 Å². The Bertz CT molecular complexity index is 744. The molecular formula is C22H28N2O2. The summed E-state index contributed by atoms with van der Waals surface area (Å²) in [4.78, 5) is 14.6. The molecule has 4 nitrogen and oxygen atoms in total. The van der Waals surface area contributed by atoms with Crippen molar-refractivity contribution < 1.29 is 9.53 Å². The first kappa shape index (κ1) is 18.5. The zero-order chi connectivity index (χ0) is 18.4. The van der Waals surface area contributed by atoms with Crippen molar-refractivity contribution in [1.82, 2.24) is 10.2 Å². The molecule has 1 heterocycles. The van der Waals surface area contributed by atoms with E-state index in [1.165, 1.54) is 17.5 Å². The Hall–Kier alpha value is -2.33. The molecule has 26 heavy (non-hydrogen) atoms. The summed E-state index contributed by atoms with van der Waals surface area (Å²) in [5, 5.41) is 3.04. The van der Waals surface area contributed by atoms with E-state index in [4.69, 9.17) is 4.74 Å². The van der Waals surface area contributed by atoms with Gasteiger partial charge < -0.3 is 15.0 Å². The van der Waals surface area contributed by atoms with Gasteiger partial charge in [-0.15, -0.1) is 0 Å². The molecule has 0 spiro atoms. The molecule has 4 heteroatoms. The second-order valence-corrected chi connectivity index (χ2v) is 6.98. The molecule has 1 atom stereocenters. The molecule has 1 amide bonds. The molecule has 0 bridgehead atoms. The Morgan fingerprint density at radius 3 is 2.77 bits per heavy atom. The number of carbonyl (C=O) groups excluding carboxylic acids is 1. The van der Waals surface area contributed by atoms with Crippen molar-refractivity contribution in [2.45, 2.75) is 25.7 Å². The topological polar surface area (TPSA) is 41.6 Å². The van der Waals surface area contributed by atoms with Crippen LogP contribution >= 0.6 is 0 Å². The van der Waals surface area contributed by atoms with Gasteiger partial charge in [0.25, 0.3) is 0 Å². The van der Waals surface area contributed by atoms with Crippen LogP contribution in [-0.2, 0) is 11.2 Å². The number of rotatable bonds is 7. The number of nitrogens with one attached hydrogen (secondary N) is 1. The molecule has 2 aromatic rings. The van der Waals surface area contributed by atoms with Crippen LogP contribution in [0.5, 0.6) is 5.75 Å². The van der Waals surface area contributed by atoms with E-state index in [2.05, 4.69) is 41.4 Å². The van der Waals surface area contributed by atoms with Crippen molar-refractivity contribution in [3.63, 3.8) is 0 Å². The number of nitrogens with zero attached hydrogens (tertiary/aromatic N) is 1. The molecule has 2 aromatic carbocycles. The van der Waals surface area contributed by atoms with Gasteiger partial charge in [0.05, 0.1) is 13.5 Å². The number of hydrogen-bond acceptors (Lipinski definition) is 3. The highest BCUT2D eigenvalue weighted by atomic mass is 16.5. The van der Waals surface area contributed by atoms with Gasteiger partial charge in [-0.3, -0.25) is 4.79 Å². The molecule has 1 N–H and O–H groups in total. The maximum absolute atomic E-state index is 12.2. The summed E-state index contributed by atoms with van der Waals surface area (Å²) in [5.41, 5.74) is 3.77. The van der Waals surface area contributed by atoms with Gasteiger partial charge in [0.1, 0.15) is 5.75 Å². The third-order valence-corrected chi connectivity index (χ3v) is 5.19. The van der Waals surface area contributed by atoms with E-state index in [0.717, 1.165) is 30.9 Å². The lowest BCUT2D eigenvalue weighted by atomic mass is 9.94. The number of likely N-dealkylation sites (tertiary alicyclic amines) is 1. The van der Waals surface area contributed by atoms with Crippen LogP contribution in [0.1, 0.15) is 29.0 Å². The first-order valence-electron chi connectivity index (χ1n) is 9.34. The number of methoxy groups -OCH3 is 1.